The molecule has 2 unspecified atom stereocenters. The van der Waals surface area contributed by atoms with Crippen molar-refractivity contribution in [1.29, 1.82) is 0 Å². The molecule has 43 heavy (non-hydrogen) atoms. The van der Waals surface area contributed by atoms with E-state index in [-0.39, 0.29) is 40.8 Å². The fraction of sp³-hybridized carbons (Fsp3) is 0.346. The van der Waals surface area contributed by atoms with E-state index in [1.807, 2.05) is 11.6 Å². The highest BCUT2D eigenvalue weighted by Gasteiger charge is 2.36. The number of hydrogen-bond acceptors (Lipinski definition) is 9. The monoisotopic (exact) mass is 624 g/mol. The first-order valence-electron chi connectivity index (χ1n) is 12.8. The Morgan fingerprint density at radius 3 is 2.42 bits per heavy atom. The summed E-state index contributed by atoms with van der Waals surface area (Å²) in [6, 6.07) is 12.5. The molecule has 0 bridgehead atoms. The van der Waals surface area contributed by atoms with E-state index in [0.29, 0.717) is 5.56 Å². The van der Waals surface area contributed by atoms with Gasteiger partial charge in [-0.15, -0.1) is 5.01 Å². The third-order valence-electron chi connectivity index (χ3n) is 6.35. The van der Waals surface area contributed by atoms with Crippen LogP contribution in [-0.2, 0) is 35.4 Å². The maximum atomic E-state index is 13.5. The number of carbonyl (C=O) groups excluding carboxylic acids is 2. The van der Waals surface area contributed by atoms with Crippen LogP contribution in [0, 0.1) is 18.0 Å². The van der Waals surface area contributed by atoms with E-state index in [9.17, 15) is 36.4 Å². The lowest BCUT2D eigenvalue weighted by molar-refractivity contribution is -0.709. The van der Waals surface area contributed by atoms with Crippen molar-refractivity contribution in [2.75, 3.05) is 13.1 Å². The summed E-state index contributed by atoms with van der Waals surface area (Å²) in [7, 11) is -4.37. The van der Waals surface area contributed by atoms with Crippen LogP contribution in [0.4, 0.5) is 13.2 Å². The Bertz CT molecular complexity index is 1620. The van der Waals surface area contributed by atoms with Crippen molar-refractivity contribution in [1.82, 2.24) is 19.5 Å². The van der Waals surface area contributed by atoms with Crippen molar-refractivity contribution in [2.24, 2.45) is 11.2 Å². The molecule has 13 nitrogen and oxygen atoms in total. The topological polar surface area (TPSA) is 158 Å². The van der Waals surface area contributed by atoms with Crippen molar-refractivity contribution in [3.63, 3.8) is 0 Å². The van der Waals surface area contributed by atoms with Gasteiger partial charge in [-0.2, -0.15) is 18.3 Å². The van der Waals surface area contributed by atoms with Crippen molar-refractivity contribution in [2.45, 2.75) is 44.6 Å². The largest absolute Gasteiger partial charge is 0.569 e. The van der Waals surface area contributed by atoms with E-state index in [1.165, 1.54) is 19.1 Å². The first-order chi connectivity index (χ1) is 20.1. The van der Waals surface area contributed by atoms with Crippen LogP contribution in [0.1, 0.15) is 31.5 Å². The molecule has 4 rings (SSSR count). The third kappa shape index (κ3) is 7.59. The van der Waals surface area contributed by atoms with Gasteiger partial charge in [0.2, 0.25) is 11.2 Å². The van der Waals surface area contributed by atoms with Gasteiger partial charge in [-0.25, -0.2) is 17.8 Å². The van der Waals surface area contributed by atoms with Gasteiger partial charge in [0.05, 0.1) is 40.3 Å². The van der Waals surface area contributed by atoms with Crippen LogP contribution in [0.3, 0.4) is 0 Å². The summed E-state index contributed by atoms with van der Waals surface area (Å²) in [4.78, 5) is 28.1. The number of nitrogens with one attached hydrogen (secondary N) is 1. The highest BCUT2D eigenvalue weighted by atomic mass is 32.2. The first kappa shape index (κ1) is 31.3. The summed E-state index contributed by atoms with van der Waals surface area (Å²) in [5.41, 5.74) is 0.568. The maximum Gasteiger partial charge on any atom is 0.435 e. The van der Waals surface area contributed by atoms with Gasteiger partial charge in [-0.1, -0.05) is 29.8 Å². The molecule has 1 aliphatic heterocycles. The second kappa shape index (κ2) is 12.3. The zero-order valence-electron chi connectivity index (χ0n) is 23.1. The van der Waals surface area contributed by atoms with Gasteiger partial charge in [0.25, 0.3) is 16.3 Å². The number of nitrogens with zero attached hydrogens (tertiary/aromatic N) is 5. The molecule has 17 heteroatoms. The molecule has 0 saturated carbocycles. The number of hydrazine groups is 1. The van der Waals surface area contributed by atoms with E-state index >= 15 is 0 Å². The standard InChI is InChI=1S/C26H27F3N6O7S/c1-16-4-6-19(7-5-16)23-14-24(26(27,28)29)30-34(23)21-8-10-22(11-9-21)43(39,40)31-25(37)20-12-13-33(15-20)35(38)32-42-18(3)41-17(2)36/h4-11,14,18,20H,12-13,15H2,1-3H3,(H,31,37). The van der Waals surface area contributed by atoms with Gasteiger partial charge in [-0.05, 0) is 43.7 Å². The van der Waals surface area contributed by atoms with E-state index in [2.05, 4.69) is 15.1 Å². The highest BCUT2D eigenvalue weighted by Crippen LogP contribution is 2.33. The van der Waals surface area contributed by atoms with Crippen molar-refractivity contribution in [3.05, 3.63) is 71.1 Å². The summed E-state index contributed by atoms with van der Waals surface area (Å²) >= 11 is 0. The Morgan fingerprint density at radius 1 is 1.16 bits per heavy atom. The van der Waals surface area contributed by atoms with Gasteiger partial charge >= 0.3 is 12.1 Å². The Hall–Kier alpha value is -4.67. The number of carbonyl (C=O) groups is 2. The number of sulfonamides is 1. The molecule has 1 aliphatic rings. The number of ether oxygens (including phenoxy) is 1. The number of benzene rings is 2. The minimum absolute atomic E-state index is 0.0677. The van der Waals surface area contributed by atoms with Gasteiger partial charge < -0.3 is 9.94 Å². The zero-order valence-corrected chi connectivity index (χ0v) is 23.9. The quantitative estimate of drug-likeness (QED) is 0.123. The summed E-state index contributed by atoms with van der Waals surface area (Å²) in [5.74, 6) is -2.39. The van der Waals surface area contributed by atoms with Crippen LogP contribution < -0.4 is 4.72 Å². The van der Waals surface area contributed by atoms with E-state index in [4.69, 9.17) is 4.84 Å². The van der Waals surface area contributed by atoms with Crippen LogP contribution in [0.5, 0.6) is 0 Å². The molecule has 0 radical (unpaired) electrons. The smallest absolute Gasteiger partial charge is 0.435 e. The minimum atomic E-state index is -4.71. The molecule has 1 fully saturated rings. The SMILES string of the molecule is CC(=O)OC(C)ON=[N+]([O-])N1CCC(C(=O)NS(=O)(=O)c2ccc(-n3nc(C(F)(F)F)cc3-c3ccc(C)cc3)cc2)C1. The van der Waals surface area contributed by atoms with E-state index in [1.54, 1.807) is 24.3 Å². The molecule has 0 aliphatic carbocycles. The molecule has 2 heterocycles. The van der Waals surface area contributed by atoms with Gasteiger partial charge in [0.15, 0.2) is 5.69 Å². The number of aryl methyl sites for hydroxylation is 1. The van der Waals surface area contributed by atoms with E-state index < -0.39 is 46.0 Å². The predicted octanol–water partition coefficient (Wildman–Crippen LogP) is 3.71. The lowest BCUT2D eigenvalue weighted by atomic mass is 10.1. The molecule has 1 amide bonds. The molecule has 2 atom stereocenters. The molecule has 230 valence electrons. The minimum Gasteiger partial charge on any atom is -0.569 e. The first-order valence-corrected chi connectivity index (χ1v) is 14.3. The van der Waals surface area contributed by atoms with Crippen LogP contribution in [-0.4, -0.2) is 59.4 Å². The molecule has 1 saturated heterocycles. The second-order valence-corrected chi connectivity index (χ2v) is 11.4. The fourth-order valence-electron chi connectivity index (χ4n) is 4.21. The zero-order chi connectivity index (χ0) is 31.5. The Labute approximate surface area is 244 Å². The predicted molar refractivity (Wildman–Crippen MR) is 142 cm³/mol. The van der Waals surface area contributed by atoms with E-state index in [0.717, 1.165) is 40.4 Å². The molecule has 2 aromatic carbocycles. The molecule has 0 spiro atoms. The summed E-state index contributed by atoms with van der Waals surface area (Å²) in [5, 5.41) is 20.2. The number of rotatable bonds is 9. The number of aromatic nitrogens is 2. The maximum absolute atomic E-state index is 13.5. The van der Waals surface area contributed by atoms with Gasteiger partial charge in [0, 0.05) is 19.4 Å². The summed E-state index contributed by atoms with van der Waals surface area (Å²) in [6.45, 7) is 4.23. The van der Waals surface area contributed by atoms with Crippen LogP contribution in [0.15, 0.2) is 64.8 Å². The van der Waals surface area contributed by atoms with Crippen molar-refractivity contribution < 1.29 is 45.7 Å². The summed E-state index contributed by atoms with van der Waals surface area (Å²) in [6.07, 6.45) is -5.70. The Kier molecular flexibility index (Phi) is 8.93. The molecule has 3 aromatic rings. The highest BCUT2D eigenvalue weighted by molar-refractivity contribution is 7.90. The number of esters is 1. The van der Waals surface area contributed by atoms with Crippen LogP contribution >= 0.6 is 0 Å². The second-order valence-electron chi connectivity index (χ2n) is 9.67. The van der Waals surface area contributed by atoms with Crippen LogP contribution in [0.2, 0.25) is 0 Å². The third-order valence-corrected chi connectivity index (χ3v) is 7.71. The number of hydrogen-bond donors (Lipinski definition) is 1. The van der Waals surface area contributed by atoms with Gasteiger partial charge in [-0.3, -0.25) is 14.4 Å². The average molecular weight is 625 g/mol. The lowest BCUT2D eigenvalue weighted by Gasteiger charge is -2.14. The lowest BCUT2D eigenvalue weighted by Crippen LogP contribution is -2.37. The average Bonchev–Trinajstić information content (AvgIpc) is 3.60. The molecular weight excluding hydrogens is 597 g/mol. The Balaban J connectivity index is 1.46. The number of alkyl halides is 3. The molecule has 1 N–H and O–H groups in total. The fourth-order valence-corrected chi connectivity index (χ4v) is 5.26. The normalized spacial score (nSPS) is 16.6. The number of halogens is 3. The van der Waals surface area contributed by atoms with Gasteiger partial charge in [0.1, 0.15) is 0 Å². The van der Waals surface area contributed by atoms with Crippen molar-refractivity contribution in [3.8, 4) is 16.9 Å². The van der Waals surface area contributed by atoms with Crippen LogP contribution in [0.25, 0.3) is 16.9 Å². The molecular formula is C26H27F3N6O7S. The number of amides is 1. The summed E-state index contributed by atoms with van der Waals surface area (Å²) < 4.78 is 74.0. The molecule has 1 aromatic heterocycles. The van der Waals surface area contributed by atoms with Crippen molar-refractivity contribution >= 4 is 21.9 Å². The Morgan fingerprint density at radius 2 is 1.81 bits per heavy atom.